The Bertz CT molecular complexity index is 2460. The fraction of sp³-hybridized carbons (Fsp3) is 0.561. The molecule has 0 unspecified atom stereocenters. The molecule has 2 fully saturated rings. The number of carbonyl (C=O) groups excluding carboxylic acids is 6. The number of ether oxygens (including phenoxy) is 3. The monoisotopic (exact) mass is 1060 g/mol. The van der Waals surface area contributed by atoms with E-state index < -0.39 is 51.5 Å². The fourth-order valence-corrected chi connectivity index (χ4v) is 9.16. The number of Topliss-reactive ketones (excluding diaryl/α,β-unsaturated/α-hetero) is 3. The zero-order chi connectivity index (χ0) is 53.9. The van der Waals surface area contributed by atoms with Crippen LogP contribution in [0.3, 0.4) is 0 Å². The number of ketones is 3. The Morgan fingerprint density at radius 1 is 0.827 bits per heavy atom. The molecule has 0 aromatic heterocycles. The van der Waals surface area contributed by atoms with Crippen molar-refractivity contribution >= 4 is 51.5 Å². The highest BCUT2D eigenvalue weighted by atomic mass is 32.2. The van der Waals surface area contributed by atoms with E-state index in [1.54, 1.807) is 6.92 Å². The van der Waals surface area contributed by atoms with Crippen LogP contribution in [0, 0.1) is 30.6 Å². The van der Waals surface area contributed by atoms with E-state index in [1.165, 1.54) is 20.2 Å². The minimum Gasteiger partial charge on any atom is -0.748 e. The summed E-state index contributed by atoms with van der Waals surface area (Å²) in [7, 11) is -2.49. The maximum atomic E-state index is 14.6. The van der Waals surface area contributed by atoms with Gasteiger partial charge in [-0.15, -0.1) is 0 Å². The molecule has 0 radical (unpaired) electrons. The maximum absolute atomic E-state index is 14.6. The number of quaternary nitrogens is 1. The molecule has 5 atom stereocenters. The van der Waals surface area contributed by atoms with Gasteiger partial charge in [-0.2, -0.15) is 0 Å². The predicted octanol–water partition coefficient (Wildman–Crippen LogP) is 7.13. The van der Waals surface area contributed by atoms with E-state index in [9.17, 15) is 28.8 Å². The Hall–Kier alpha value is -5.66. The second-order valence-corrected chi connectivity index (χ2v) is 22.0. The maximum Gasteiger partial charge on any atom is 0.308 e. The lowest BCUT2D eigenvalue weighted by molar-refractivity contribution is -0.940. The third kappa shape index (κ3) is 23.0. The molecule has 0 spiro atoms. The summed E-state index contributed by atoms with van der Waals surface area (Å²) in [4.78, 5) is 88.4. The summed E-state index contributed by atoms with van der Waals surface area (Å²) in [6.07, 6.45) is 3.83. The molecule has 0 aliphatic carbocycles. The number of benzene rings is 3. The Balaban J connectivity index is 0.00000262. The molecule has 2 amide bonds. The number of nitrogens with one attached hydrogen (secondary N) is 2. The summed E-state index contributed by atoms with van der Waals surface area (Å²) in [6, 6.07) is 21.4. The number of carbonyl (C=O) groups is 6. The van der Waals surface area contributed by atoms with Gasteiger partial charge in [0, 0.05) is 49.0 Å². The van der Waals surface area contributed by atoms with Crippen molar-refractivity contribution in [3.63, 3.8) is 0 Å². The molecular formula is C57H84N4O13S. The second kappa shape index (κ2) is 30.8. The average Bonchev–Trinajstić information content (AvgIpc) is 4.07. The van der Waals surface area contributed by atoms with Crippen molar-refractivity contribution in [2.45, 2.75) is 132 Å². The molecule has 2 saturated heterocycles. The molecule has 18 heteroatoms. The van der Waals surface area contributed by atoms with Crippen LogP contribution in [0.4, 0.5) is 0 Å². The first-order valence-corrected chi connectivity index (χ1v) is 26.8. The lowest BCUT2D eigenvalue weighted by Crippen LogP contribution is -2.57. The zero-order valence-electron chi connectivity index (χ0n) is 44.0. The predicted molar refractivity (Wildman–Crippen MR) is 289 cm³/mol. The minimum atomic E-state index is -3.92. The van der Waals surface area contributed by atoms with Crippen molar-refractivity contribution in [3.05, 3.63) is 101 Å². The van der Waals surface area contributed by atoms with Crippen LogP contribution >= 0.6 is 0 Å². The average molecular weight is 1070 g/mol. The molecule has 2 N–H and O–H groups in total. The second-order valence-electron chi connectivity index (χ2n) is 20.5. The molecule has 2 aliphatic rings. The van der Waals surface area contributed by atoms with Gasteiger partial charge in [0.2, 0.25) is 11.8 Å². The van der Waals surface area contributed by atoms with E-state index in [0.717, 1.165) is 22.3 Å². The van der Waals surface area contributed by atoms with Crippen LogP contribution in [0.25, 0.3) is 0 Å². The molecule has 3 aromatic carbocycles. The lowest BCUT2D eigenvalue weighted by atomic mass is 9.87. The summed E-state index contributed by atoms with van der Waals surface area (Å²) < 4.78 is 44.4. The SMILES string of the molecule is C.C.CO/N=C/c1cc(C[N+]2(CC(=O)C[C@@H](CCc3ccccc3)C(=O)N[C@@H](CC(C)C)C(=O)C[C@@H](Cc3ccccc3)C(=O)N[C@@H](CC(C)C)C(=O)[C@@]3(C)CO3)CCOCC2)cc(C)c1OC(C)=O.CS(=O)(=O)[O-]. The van der Waals surface area contributed by atoms with Crippen LogP contribution in [-0.2, 0) is 72.6 Å². The number of epoxide rings is 1. The van der Waals surface area contributed by atoms with E-state index >= 15 is 0 Å². The van der Waals surface area contributed by atoms with Gasteiger partial charge in [-0.05, 0) is 86.6 Å². The smallest absolute Gasteiger partial charge is 0.308 e. The van der Waals surface area contributed by atoms with Gasteiger partial charge in [-0.3, -0.25) is 28.8 Å². The first-order chi connectivity index (χ1) is 34.4. The number of morpholine rings is 1. The molecule has 0 bridgehead atoms. The Morgan fingerprint density at radius 2 is 1.36 bits per heavy atom. The zero-order valence-corrected chi connectivity index (χ0v) is 44.8. The highest BCUT2D eigenvalue weighted by Crippen LogP contribution is 2.31. The number of esters is 1. The quantitative estimate of drug-likeness (QED) is 0.0147. The first-order valence-electron chi connectivity index (χ1n) is 25.0. The van der Waals surface area contributed by atoms with Crippen LogP contribution in [0.2, 0.25) is 0 Å². The highest BCUT2D eigenvalue weighted by Gasteiger charge is 2.50. The van der Waals surface area contributed by atoms with Crippen molar-refractivity contribution in [2.75, 3.05) is 52.8 Å². The van der Waals surface area contributed by atoms with Gasteiger partial charge in [0.05, 0.1) is 48.2 Å². The van der Waals surface area contributed by atoms with Crippen LogP contribution < -0.4 is 15.4 Å². The fourth-order valence-electron chi connectivity index (χ4n) is 9.16. The third-order valence-electron chi connectivity index (χ3n) is 12.8. The van der Waals surface area contributed by atoms with E-state index in [-0.39, 0.29) is 75.8 Å². The van der Waals surface area contributed by atoms with E-state index in [1.807, 2.05) is 107 Å². The van der Waals surface area contributed by atoms with Gasteiger partial charge in [-0.1, -0.05) is 108 Å². The van der Waals surface area contributed by atoms with Gasteiger partial charge in [0.25, 0.3) is 0 Å². The summed E-state index contributed by atoms with van der Waals surface area (Å²) in [6.45, 7) is 15.8. The number of oxime groups is 1. The Morgan fingerprint density at radius 3 is 1.89 bits per heavy atom. The number of rotatable bonds is 27. The number of aryl methyl sites for hydroxylation is 2. The topological polar surface area (TPSA) is 236 Å². The molecular weight excluding hydrogens is 981 g/mol. The highest BCUT2D eigenvalue weighted by molar-refractivity contribution is 7.84. The normalized spacial score (nSPS) is 17.4. The Kier molecular flexibility index (Phi) is 26.9. The van der Waals surface area contributed by atoms with Crippen molar-refractivity contribution in [3.8, 4) is 5.75 Å². The first kappa shape index (κ1) is 65.5. The summed E-state index contributed by atoms with van der Waals surface area (Å²) in [5, 5.41) is 10.0. The van der Waals surface area contributed by atoms with Crippen molar-refractivity contribution in [1.29, 1.82) is 0 Å². The van der Waals surface area contributed by atoms with Gasteiger partial charge in [-0.25, -0.2) is 8.42 Å². The minimum absolute atomic E-state index is 0. The molecule has 17 nitrogen and oxygen atoms in total. The molecule has 5 rings (SSSR count). The van der Waals surface area contributed by atoms with Crippen molar-refractivity contribution in [1.82, 2.24) is 10.6 Å². The van der Waals surface area contributed by atoms with E-state index in [0.29, 0.717) is 87.2 Å². The van der Waals surface area contributed by atoms with E-state index in [4.69, 9.17) is 32.0 Å². The number of hydrogen-bond donors (Lipinski definition) is 2. The molecule has 75 heavy (non-hydrogen) atoms. The van der Waals surface area contributed by atoms with Gasteiger partial charge < -0.3 is 38.7 Å². The van der Waals surface area contributed by atoms with Crippen molar-refractivity contribution < 1.29 is 65.3 Å². The van der Waals surface area contributed by atoms with Crippen LogP contribution in [0.15, 0.2) is 78.0 Å². The molecule has 2 heterocycles. The van der Waals surface area contributed by atoms with Gasteiger partial charge >= 0.3 is 5.97 Å². The number of nitrogens with zero attached hydrogens (tertiary/aromatic N) is 2. The van der Waals surface area contributed by atoms with Crippen LogP contribution in [0.1, 0.15) is 116 Å². The van der Waals surface area contributed by atoms with Gasteiger partial charge in [0.15, 0.2) is 17.3 Å². The largest absolute Gasteiger partial charge is 0.748 e. The summed E-state index contributed by atoms with van der Waals surface area (Å²) in [5.41, 5.74) is 3.15. The van der Waals surface area contributed by atoms with Crippen LogP contribution in [-0.4, -0.2) is 129 Å². The molecule has 0 saturated carbocycles. The van der Waals surface area contributed by atoms with Crippen molar-refractivity contribution in [2.24, 2.45) is 28.8 Å². The number of amides is 2. The van der Waals surface area contributed by atoms with E-state index in [2.05, 4.69) is 15.8 Å². The summed E-state index contributed by atoms with van der Waals surface area (Å²) >= 11 is 0. The lowest BCUT2D eigenvalue weighted by Gasteiger charge is -2.41. The third-order valence-corrected chi connectivity index (χ3v) is 12.8. The number of hydrogen-bond acceptors (Lipinski definition) is 14. The van der Waals surface area contributed by atoms with Gasteiger partial charge in [0.1, 0.15) is 44.6 Å². The Labute approximate surface area is 446 Å². The molecule has 2 aliphatic heterocycles. The van der Waals surface area contributed by atoms with Crippen LogP contribution in [0.5, 0.6) is 5.75 Å². The standard InChI is InChI=1S/C54H72N4O10.CH4O3S.2CH4/c1-36(2)25-47(49(61)31-44(28-41-17-13-10-14-18-41)53(64)57-48(26-37(3)4)51(62)54(7)35-67-54)56-52(63)43(20-19-40-15-11-9-12-16-40)30-46(60)34-58(21-23-66-24-22-58)33-42-27-38(5)50(68-39(6)59)45(29-42)32-55-65-8;1-5(2,3)4;;/h9-18,27,29,32,36-37,43-44,47-48H,19-26,28,30-31,33-35H2,1-8H3,(H-,56,57,63,64);1H3,(H,2,3,4);2*1H4/b55-32+;;;/t43-,44-,47+,48+,54-;;;/m1.../s1. The molecule has 3 aromatic rings. The molecule has 416 valence electrons. The summed E-state index contributed by atoms with van der Waals surface area (Å²) in [5.74, 6) is -2.86.